The third kappa shape index (κ3) is 16.2. The van der Waals surface area contributed by atoms with Gasteiger partial charge in [0, 0.05) is 86.3 Å². The smallest absolute Gasteiger partial charge is 0.213 e. The van der Waals surface area contributed by atoms with Crippen molar-refractivity contribution >= 4 is 0 Å². The molecule has 2 aliphatic heterocycles. The molecule has 0 bridgehead atoms. The van der Waals surface area contributed by atoms with Gasteiger partial charge in [0.25, 0.3) is 0 Å². The van der Waals surface area contributed by atoms with E-state index in [0.717, 1.165) is 57.5 Å². The fraction of sp³-hybridized carbons (Fsp3) is 0.906. The molecule has 5 fully saturated rings. The quantitative estimate of drug-likeness (QED) is 0.112. The molecule has 2 saturated heterocycles. The summed E-state index contributed by atoms with van der Waals surface area (Å²) in [5.74, 6) is 0.761. The van der Waals surface area contributed by atoms with Crippen LogP contribution in [0.4, 0.5) is 0 Å². The Morgan fingerprint density at radius 2 is 0.935 bits per heavy atom. The van der Waals surface area contributed by atoms with Crippen LogP contribution in [0.3, 0.4) is 0 Å². The minimum atomic E-state index is 0.0854. The minimum Gasteiger partial charge on any atom is -0.474 e. The van der Waals surface area contributed by atoms with E-state index in [0.29, 0.717) is 53.4 Å². The molecule has 0 radical (unpaired) electrons. The standard InChI is InChI=1S/C53H96N6O3/c1-48(2,3)36-58-25-16-42(17-26-58)60-44-30-39(31-44)55-51(9,10)21-20-50(7,8)37-59-27-18-43(19-28-59)61-45-32-40(33-45)56-52(11,12)22-23-53(13,14)57-41-34-46(35-41)62-47-29-38(15-24-54-47)49(4,5)6/h15,24,29,39-46,55-57H,16-23,25-28,30-37H2,1-14H3/t39-,40-,41-,44+,45-,46-. The Balaban J connectivity index is 0.783. The molecule has 9 nitrogen and oxygen atoms in total. The molecule has 0 spiro atoms. The summed E-state index contributed by atoms with van der Waals surface area (Å²) >= 11 is 0. The Labute approximate surface area is 381 Å². The highest BCUT2D eigenvalue weighted by Crippen LogP contribution is 2.36. The van der Waals surface area contributed by atoms with Gasteiger partial charge < -0.3 is 40.0 Å². The van der Waals surface area contributed by atoms with Gasteiger partial charge in [-0.1, -0.05) is 55.4 Å². The van der Waals surface area contributed by atoms with Crippen molar-refractivity contribution in [2.24, 2.45) is 10.8 Å². The van der Waals surface area contributed by atoms with Gasteiger partial charge in [0.1, 0.15) is 6.10 Å². The van der Waals surface area contributed by atoms with Crippen LogP contribution >= 0.6 is 0 Å². The Bertz CT molecular complexity index is 1510. The van der Waals surface area contributed by atoms with E-state index in [1.165, 1.54) is 83.1 Å². The van der Waals surface area contributed by atoms with Crippen molar-refractivity contribution in [1.82, 2.24) is 30.7 Å². The lowest BCUT2D eigenvalue weighted by atomic mass is 9.80. The van der Waals surface area contributed by atoms with Gasteiger partial charge >= 0.3 is 0 Å². The molecule has 0 atom stereocenters. The van der Waals surface area contributed by atoms with Gasteiger partial charge in [-0.2, -0.15) is 0 Å². The molecule has 5 aliphatic rings. The Hall–Kier alpha value is -1.33. The average molecular weight is 865 g/mol. The lowest BCUT2D eigenvalue weighted by molar-refractivity contribution is -0.0897. The monoisotopic (exact) mass is 865 g/mol. The topological polar surface area (TPSA) is 83.2 Å². The number of ether oxygens (including phenoxy) is 3. The highest BCUT2D eigenvalue weighted by molar-refractivity contribution is 5.27. The van der Waals surface area contributed by atoms with Gasteiger partial charge in [-0.05, 0) is 159 Å². The summed E-state index contributed by atoms with van der Waals surface area (Å²) in [6, 6.07) is 5.87. The Morgan fingerprint density at radius 3 is 1.35 bits per heavy atom. The fourth-order valence-corrected chi connectivity index (χ4v) is 10.9. The maximum absolute atomic E-state index is 6.70. The molecule has 3 N–H and O–H groups in total. The largest absolute Gasteiger partial charge is 0.474 e. The van der Waals surface area contributed by atoms with Crippen molar-refractivity contribution in [3.63, 3.8) is 0 Å². The molecule has 6 rings (SSSR count). The second-order valence-corrected chi connectivity index (χ2v) is 26.2. The summed E-state index contributed by atoms with van der Waals surface area (Å²) in [5, 5.41) is 12.0. The van der Waals surface area contributed by atoms with E-state index in [9.17, 15) is 0 Å². The first kappa shape index (κ1) is 50.1. The maximum atomic E-state index is 6.70. The average Bonchev–Trinajstić information content (AvgIpc) is 3.11. The third-order valence-corrected chi connectivity index (χ3v) is 14.9. The zero-order valence-corrected chi connectivity index (χ0v) is 42.6. The Kier molecular flexibility index (Phi) is 16.4. The van der Waals surface area contributed by atoms with E-state index in [4.69, 9.17) is 14.2 Å². The summed E-state index contributed by atoms with van der Waals surface area (Å²) in [6.45, 7) is 40.1. The zero-order chi connectivity index (χ0) is 45.1. The van der Waals surface area contributed by atoms with Crippen LogP contribution in [-0.4, -0.2) is 119 Å². The first-order chi connectivity index (χ1) is 28.8. The molecule has 62 heavy (non-hydrogen) atoms. The molecule has 0 aromatic carbocycles. The molecular weight excluding hydrogens is 769 g/mol. The van der Waals surface area contributed by atoms with Crippen molar-refractivity contribution < 1.29 is 14.2 Å². The van der Waals surface area contributed by atoms with Gasteiger partial charge in [-0.25, -0.2) is 4.98 Å². The van der Waals surface area contributed by atoms with Crippen LogP contribution in [0, 0.1) is 10.8 Å². The molecule has 3 saturated carbocycles. The predicted octanol–water partition coefficient (Wildman–Crippen LogP) is 10.1. The van der Waals surface area contributed by atoms with Crippen LogP contribution in [0.15, 0.2) is 18.3 Å². The third-order valence-electron chi connectivity index (χ3n) is 14.9. The lowest BCUT2D eigenvalue weighted by Crippen LogP contribution is -2.57. The van der Waals surface area contributed by atoms with E-state index in [2.05, 4.69) is 140 Å². The number of likely N-dealkylation sites (tertiary alicyclic amines) is 2. The SMILES string of the molecule is CC(C)(C)CN1CCC(O[C@H]2C[C@@H](NC(C)(C)CCC(C)(C)CN3CCC(O[C@H]4C[C@H](NC(C)(C)CCC(C)(C)N[C@H]5C[C@H](Oc6cc(C(C)(C)C)ccn6)C5)C4)CC3)C2)CC1. The van der Waals surface area contributed by atoms with Gasteiger partial charge in [0.15, 0.2) is 0 Å². The fourth-order valence-electron chi connectivity index (χ4n) is 10.9. The first-order valence-electron chi connectivity index (χ1n) is 25.5. The number of piperidine rings is 2. The van der Waals surface area contributed by atoms with Crippen LogP contribution < -0.4 is 20.7 Å². The zero-order valence-electron chi connectivity index (χ0n) is 42.6. The molecule has 3 aliphatic carbocycles. The normalized spacial score (nSPS) is 28.0. The minimum absolute atomic E-state index is 0.0854. The Morgan fingerprint density at radius 1 is 0.532 bits per heavy atom. The van der Waals surface area contributed by atoms with Crippen molar-refractivity contribution in [2.45, 2.75) is 258 Å². The summed E-state index contributed by atoms with van der Waals surface area (Å²) in [6.07, 6.45) is 20.0. The van der Waals surface area contributed by atoms with E-state index in [1.54, 1.807) is 0 Å². The first-order valence-corrected chi connectivity index (χ1v) is 25.5. The van der Waals surface area contributed by atoms with Crippen LogP contribution in [0.25, 0.3) is 0 Å². The van der Waals surface area contributed by atoms with Gasteiger partial charge in [-0.15, -0.1) is 0 Å². The number of rotatable bonds is 21. The van der Waals surface area contributed by atoms with Crippen LogP contribution in [0.1, 0.15) is 192 Å². The molecule has 356 valence electrons. The number of aromatic nitrogens is 1. The van der Waals surface area contributed by atoms with E-state index in [-0.39, 0.29) is 28.1 Å². The van der Waals surface area contributed by atoms with E-state index < -0.39 is 0 Å². The van der Waals surface area contributed by atoms with Crippen molar-refractivity contribution in [2.75, 3.05) is 39.3 Å². The second kappa shape index (κ2) is 20.3. The van der Waals surface area contributed by atoms with Gasteiger partial charge in [-0.3, -0.25) is 0 Å². The highest BCUT2D eigenvalue weighted by Gasteiger charge is 2.40. The number of hydrogen-bond donors (Lipinski definition) is 3. The van der Waals surface area contributed by atoms with Crippen LogP contribution in [0.2, 0.25) is 0 Å². The maximum Gasteiger partial charge on any atom is 0.213 e. The predicted molar refractivity (Wildman–Crippen MR) is 258 cm³/mol. The second-order valence-electron chi connectivity index (χ2n) is 26.2. The molecular formula is C53H96N6O3. The molecule has 9 heteroatoms. The molecule has 0 unspecified atom stereocenters. The van der Waals surface area contributed by atoms with Gasteiger partial charge in [0.05, 0.1) is 24.4 Å². The van der Waals surface area contributed by atoms with Crippen LogP contribution in [-0.2, 0) is 14.9 Å². The molecule has 3 heterocycles. The number of nitrogens with zero attached hydrogens (tertiary/aromatic N) is 3. The summed E-state index contributed by atoms with van der Waals surface area (Å²) in [7, 11) is 0. The summed E-state index contributed by atoms with van der Waals surface area (Å²) in [5.41, 5.74) is 2.39. The number of pyridine rings is 1. The number of nitrogens with one attached hydrogen (secondary N) is 3. The highest BCUT2D eigenvalue weighted by atomic mass is 16.5. The molecule has 1 aromatic heterocycles. The van der Waals surface area contributed by atoms with Crippen molar-refractivity contribution in [1.29, 1.82) is 0 Å². The lowest BCUT2D eigenvalue weighted by Gasteiger charge is -2.45. The van der Waals surface area contributed by atoms with Crippen molar-refractivity contribution in [3.8, 4) is 5.88 Å². The van der Waals surface area contributed by atoms with Crippen LogP contribution in [0.5, 0.6) is 5.88 Å². The number of hydrogen-bond acceptors (Lipinski definition) is 9. The van der Waals surface area contributed by atoms with E-state index >= 15 is 0 Å². The summed E-state index contributed by atoms with van der Waals surface area (Å²) in [4.78, 5) is 9.83. The van der Waals surface area contributed by atoms with Gasteiger partial charge in [0.2, 0.25) is 5.88 Å². The summed E-state index contributed by atoms with van der Waals surface area (Å²) < 4.78 is 19.5. The molecule has 1 aromatic rings. The van der Waals surface area contributed by atoms with Crippen molar-refractivity contribution in [3.05, 3.63) is 23.9 Å². The molecule has 0 amide bonds. The van der Waals surface area contributed by atoms with E-state index in [1.807, 2.05) is 6.20 Å².